The van der Waals surface area contributed by atoms with Gasteiger partial charge in [0.2, 0.25) is 0 Å². The first-order valence-electron chi connectivity index (χ1n) is 9.53. The fourth-order valence-electron chi connectivity index (χ4n) is 3.15. The molecule has 1 atom stereocenters. The molecular weight excluding hydrogens is 312 g/mol. The summed E-state index contributed by atoms with van der Waals surface area (Å²) >= 11 is 0. The molecule has 1 aliphatic heterocycles. The quantitative estimate of drug-likeness (QED) is 0.547. The van der Waals surface area contributed by atoms with Crippen molar-refractivity contribution in [1.29, 1.82) is 0 Å². The van der Waals surface area contributed by atoms with Gasteiger partial charge in [0.1, 0.15) is 0 Å². The van der Waals surface area contributed by atoms with Crippen molar-refractivity contribution in [1.82, 2.24) is 15.5 Å². The second-order valence-corrected chi connectivity index (χ2v) is 7.19. The predicted octanol–water partition coefficient (Wildman–Crippen LogP) is 2.46. The number of benzene rings is 1. The third-order valence-corrected chi connectivity index (χ3v) is 4.83. The van der Waals surface area contributed by atoms with Gasteiger partial charge >= 0.3 is 0 Å². The topological polar surface area (TPSA) is 59.9 Å². The molecule has 3 N–H and O–H groups in total. The van der Waals surface area contributed by atoms with Gasteiger partial charge in [-0.25, -0.2) is 0 Å². The highest BCUT2D eigenvalue weighted by atomic mass is 16.3. The minimum absolute atomic E-state index is 0.364. The second kappa shape index (κ2) is 9.78. The number of aryl methyl sites for hydroxylation is 1. The zero-order chi connectivity index (χ0) is 18.2. The van der Waals surface area contributed by atoms with Crippen LogP contribution in [-0.4, -0.2) is 54.2 Å². The zero-order valence-electron chi connectivity index (χ0n) is 16.1. The van der Waals surface area contributed by atoms with E-state index in [0.29, 0.717) is 18.6 Å². The lowest BCUT2D eigenvalue weighted by Gasteiger charge is -2.35. The Kier molecular flexibility index (Phi) is 7.72. The fraction of sp³-hybridized carbons (Fsp3) is 0.650. The maximum atomic E-state index is 10.4. The van der Waals surface area contributed by atoms with Crippen molar-refractivity contribution >= 4 is 5.96 Å². The molecule has 0 aromatic heterocycles. The van der Waals surface area contributed by atoms with Gasteiger partial charge < -0.3 is 20.6 Å². The highest BCUT2D eigenvalue weighted by molar-refractivity contribution is 5.80. The first-order chi connectivity index (χ1) is 12.0. The predicted molar refractivity (Wildman–Crippen MR) is 105 cm³/mol. The third-order valence-electron chi connectivity index (χ3n) is 4.83. The monoisotopic (exact) mass is 346 g/mol. The summed E-state index contributed by atoms with van der Waals surface area (Å²) in [6.45, 7) is 12.1. The molecule has 1 aromatic carbocycles. The van der Waals surface area contributed by atoms with E-state index in [1.807, 2.05) is 31.2 Å². The molecular formula is C20H34N4O. The Morgan fingerprint density at radius 2 is 1.88 bits per heavy atom. The molecule has 0 aliphatic carbocycles. The van der Waals surface area contributed by atoms with Crippen LogP contribution in [0.1, 0.15) is 50.8 Å². The molecule has 1 aliphatic rings. The van der Waals surface area contributed by atoms with Crippen LogP contribution < -0.4 is 10.6 Å². The SMILES string of the molecule is CCNC(=NCC(O)c1ccc(C)cc1)NC1CCN(C(C)C)CC1. The van der Waals surface area contributed by atoms with Gasteiger partial charge in [-0.1, -0.05) is 29.8 Å². The molecule has 1 aromatic rings. The van der Waals surface area contributed by atoms with Crippen molar-refractivity contribution in [3.8, 4) is 0 Å². The van der Waals surface area contributed by atoms with E-state index in [1.165, 1.54) is 5.56 Å². The number of hydrogen-bond donors (Lipinski definition) is 3. The average Bonchev–Trinajstić information content (AvgIpc) is 2.60. The van der Waals surface area contributed by atoms with E-state index in [1.54, 1.807) is 0 Å². The van der Waals surface area contributed by atoms with E-state index in [-0.39, 0.29) is 0 Å². The van der Waals surface area contributed by atoms with Crippen LogP contribution in [0.5, 0.6) is 0 Å². The van der Waals surface area contributed by atoms with Crippen LogP contribution in [0.15, 0.2) is 29.3 Å². The van der Waals surface area contributed by atoms with E-state index in [2.05, 4.69) is 41.3 Å². The van der Waals surface area contributed by atoms with Gasteiger partial charge in [-0.3, -0.25) is 4.99 Å². The molecule has 1 unspecified atom stereocenters. The normalized spacial score (nSPS) is 18.4. The van der Waals surface area contributed by atoms with E-state index >= 15 is 0 Å². The van der Waals surface area contributed by atoms with E-state index in [0.717, 1.165) is 44.0 Å². The standard InChI is InChI=1S/C20H34N4O/c1-5-21-20(23-18-10-12-24(13-11-18)15(2)3)22-14-19(25)17-8-6-16(4)7-9-17/h6-9,15,18-19,25H,5,10-14H2,1-4H3,(H2,21,22,23). The summed E-state index contributed by atoms with van der Waals surface area (Å²) in [5.41, 5.74) is 2.11. The van der Waals surface area contributed by atoms with Gasteiger partial charge in [-0.15, -0.1) is 0 Å². The Bertz CT molecular complexity index is 533. The minimum Gasteiger partial charge on any atom is -0.386 e. The number of piperidine rings is 1. The lowest BCUT2D eigenvalue weighted by Crippen LogP contribution is -2.50. The summed E-state index contributed by atoms with van der Waals surface area (Å²) in [5.74, 6) is 0.802. The zero-order valence-corrected chi connectivity index (χ0v) is 16.1. The first kappa shape index (κ1) is 19.7. The van der Waals surface area contributed by atoms with E-state index in [4.69, 9.17) is 0 Å². The second-order valence-electron chi connectivity index (χ2n) is 7.19. The van der Waals surface area contributed by atoms with Crippen LogP contribution >= 0.6 is 0 Å². The lowest BCUT2D eigenvalue weighted by atomic mass is 10.0. The van der Waals surface area contributed by atoms with Gasteiger partial charge in [0.25, 0.3) is 0 Å². The number of aliphatic imine (C=N–C) groups is 1. The largest absolute Gasteiger partial charge is 0.386 e. The summed E-state index contributed by atoms with van der Waals surface area (Å²) in [7, 11) is 0. The number of aliphatic hydroxyl groups excluding tert-OH is 1. The highest BCUT2D eigenvalue weighted by Crippen LogP contribution is 2.15. The molecule has 5 nitrogen and oxygen atoms in total. The summed E-state index contributed by atoms with van der Waals surface area (Å²) in [6, 6.07) is 9.05. The van der Waals surface area contributed by atoms with Crippen molar-refractivity contribution in [3.05, 3.63) is 35.4 Å². The third kappa shape index (κ3) is 6.33. The summed E-state index contributed by atoms with van der Waals surface area (Å²) < 4.78 is 0. The van der Waals surface area contributed by atoms with Gasteiger partial charge in [-0.05, 0) is 46.1 Å². The molecule has 0 spiro atoms. The van der Waals surface area contributed by atoms with Crippen LogP contribution in [0.4, 0.5) is 0 Å². The molecule has 0 amide bonds. The van der Waals surface area contributed by atoms with Crippen LogP contribution in [0.3, 0.4) is 0 Å². The van der Waals surface area contributed by atoms with Gasteiger partial charge in [-0.2, -0.15) is 0 Å². The number of aliphatic hydroxyl groups is 1. The van der Waals surface area contributed by atoms with Crippen LogP contribution in [0.25, 0.3) is 0 Å². The van der Waals surface area contributed by atoms with Crippen LogP contribution in [-0.2, 0) is 0 Å². The van der Waals surface area contributed by atoms with Crippen molar-refractivity contribution in [2.75, 3.05) is 26.2 Å². The molecule has 5 heteroatoms. The average molecular weight is 347 g/mol. The summed E-state index contributed by atoms with van der Waals surface area (Å²) in [6.07, 6.45) is 1.69. The highest BCUT2D eigenvalue weighted by Gasteiger charge is 2.21. The first-order valence-corrected chi connectivity index (χ1v) is 9.53. The molecule has 0 saturated carbocycles. The Hall–Kier alpha value is -1.59. The van der Waals surface area contributed by atoms with E-state index < -0.39 is 6.10 Å². The van der Waals surface area contributed by atoms with Crippen molar-refractivity contribution in [3.63, 3.8) is 0 Å². The molecule has 140 valence electrons. The van der Waals surface area contributed by atoms with Gasteiger partial charge in [0.05, 0.1) is 12.6 Å². The molecule has 0 bridgehead atoms. The number of hydrogen-bond acceptors (Lipinski definition) is 3. The minimum atomic E-state index is -0.571. The Morgan fingerprint density at radius 3 is 2.44 bits per heavy atom. The number of nitrogens with one attached hydrogen (secondary N) is 2. The number of nitrogens with zero attached hydrogens (tertiary/aromatic N) is 2. The molecule has 1 fully saturated rings. The Balaban J connectivity index is 1.88. The number of guanidine groups is 1. The Labute approximate surface area is 152 Å². The van der Waals surface area contributed by atoms with Crippen molar-refractivity contribution in [2.45, 2.75) is 58.7 Å². The molecule has 0 radical (unpaired) electrons. The van der Waals surface area contributed by atoms with Crippen LogP contribution in [0.2, 0.25) is 0 Å². The molecule has 25 heavy (non-hydrogen) atoms. The smallest absolute Gasteiger partial charge is 0.191 e. The molecule has 1 heterocycles. The summed E-state index contributed by atoms with van der Waals surface area (Å²) in [5, 5.41) is 17.2. The van der Waals surface area contributed by atoms with Crippen molar-refractivity contribution in [2.24, 2.45) is 4.99 Å². The van der Waals surface area contributed by atoms with Gasteiger partial charge in [0.15, 0.2) is 5.96 Å². The molecule has 2 rings (SSSR count). The Morgan fingerprint density at radius 1 is 1.24 bits per heavy atom. The van der Waals surface area contributed by atoms with Crippen molar-refractivity contribution < 1.29 is 5.11 Å². The fourth-order valence-corrected chi connectivity index (χ4v) is 3.15. The lowest BCUT2D eigenvalue weighted by molar-refractivity contribution is 0.167. The van der Waals surface area contributed by atoms with Crippen LogP contribution in [0, 0.1) is 6.92 Å². The maximum absolute atomic E-state index is 10.4. The number of rotatable bonds is 6. The molecule has 1 saturated heterocycles. The van der Waals surface area contributed by atoms with Gasteiger partial charge in [0, 0.05) is 31.7 Å². The number of likely N-dealkylation sites (tertiary alicyclic amines) is 1. The maximum Gasteiger partial charge on any atom is 0.191 e. The van der Waals surface area contributed by atoms with E-state index in [9.17, 15) is 5.11 Å². The summed E-state index contributed by atoms with van der Waals surface area (Å²) in [4.78, 5) is 7.11.